The maximum atomic E-state index is 5.88. The number of rotatable bonds is 6. The summed E-state index contributed by atoms with van der Waals surface area (Å²) in [7, 11) is 0. The minimum atomic E-state index is 0.198. The fourth-order valence-electron chi connectivity index (χ4n) is 2.46. The van der Waals surface area contributed by atoms with Crippen molar-refractivity contribution < 1.29 is 9.47 Å². The first-order chi connectivity index (χ1) is 9.69. The molecule has 1 unspecified atom stereocenters. The van der Waals surface area contributed by atoms with Crippen molar-refractivity contribution in [2.24, 2.45) is 5.73 Å². The molecule has 1 heterocycles. The Morgan fingerprint density at radius 2 is 2.25 bits per heavy atom. The second kappa shape index (κ2) is 7.62. The number of morpholine rings is 1. The lowest BCUT2D eigenvalue weighted by Gasteiger charge is -2.32. The Hall–Kier alpha value is -1.10. The van der Waals surface area contributed by atoms with E-state index in [0.717, 1.165) is 45.0 Å². The van der Waals surface area contributed by atoms with Gasteiger partial charge in [-0.25, -0.2) is 0 Å². The molecule has 1 aromatic rings. The van der Waals surface area contributed by atoms with Crippen LogP contribution in [-0.2, 0) is 4.74 Å². The minimum Gasteiger partial charge on any atom is -0.493 e. The second-order valence-electron chi connectivity index (χ2n) is 5.50. The summed E-state index contributed by atoms with van der Waals surface area (Å²) in [5.41, 5.74) is 8.09. The molecule has 0 radical (unpaired) electrons. The monoisotopic (exact) mass is 278 g/mol. The summed E-state index contributed by atoms with van der Waals surface area (Å²) in [6, 6.07) is 6.33. The Bertz CT molecular complexity index is 423. The average molecular weight is 278 g/mol. The van der Waals surface area contributed by atoms with E-state index >= 15 is 0 Å². The maximum absolute atomic E-state index is 5.88. The van der Waals surface area contributed by atoms with E-state index < -0.39 is 0 Å². The first-order valence-electron chi connectivity index (χ1n) is 7.43. The van der Waals surface area contributed by atoms with Crippen molar-refractivity contribution in [3.63, 3.8) is 0 Å². The van der Waals surface area contributed by atoms with Gasteiger partial charge in [-0.1, -0.05) is 12.1 Å². The average Bonchev–Trinajstić information content (AvgIpc) is 2.47. The lowest BCUT2D eigenvalue weighted by molar-refractivity contribution is -0.0241. The molecule has 20 heavy (non-hydrogen) atoms. The van der Waals surface area contributed by atoms with Gasteiger partial charge in [0, 0.05) is 26.2 Å². The lowest BCUT2D eigenvalue weighted by Crippen LogP contribution is -2.46. The van der Waals surface area contributed by atoms with E-state index in [1.807, 2.05) is 0 Å². The van der Waals surface area contributed by atoms with Gasteiger partial charge >= 0.3 is 0 Å². The number of hydrogen-bond acceptors (Lipinski definition) is 4. The zero-order valence-corrected chi connectivity index (χ0v) is 12.6. The predicted octanol–water partition coefficient (Wildman–Crippen LogP) is 1.73. The van der Waals surface area contributed by atoms with Crippen molar-refractivity contribution >= 4 is 0 Å². The fraction of sp³-hybridized carbons (Fsp3) is 0.625. The highest BCUT2D eigenvalue weighted by Crippen LogP contribution is 2.19. The summed E-state index contributed by atoms with van der Waals surface area (Å²) >= 11 is 0. The van der Waals surface area contributed by atoms with Crippen LogP contribution < -0.4 is 10.5 Å². The summed E-state index contributed by atoms with van der Waals surface area (Å²) in [5.74, 6) is 1.01. The Balaban J connectivity index is 1.69. The Labute approximate surface area is 121 Å². The van der Waals surface area contributed by atoms with E-state index in [-0.39, 0.29) is 6.10 Å². The van der Waals surface area contributed by atoms with E-state index in [4.69, 9.17) is 15.2 Å². The molecule has 2 rings (SSSR count). The number of nitrogens with zero attached hydrogens (tertiary/aromatic N) is 1. The zero-order chi connectivity index (χ0) is 14.4. The van der Waals surface area contributed by atoms with Crippen LogP contribution in [0.4, 0.5) is 0 Å². The lowest BCUT2D eigenvalue weighted by atomic mass is 10.1. The second-order valence-corrected chi connectivity index (χ2v) is 5.50. The van der Waals surface area contributed by atoms with Crippen LogP contribution in [0.15, 0.2) is 18.2 Å². The molecular weight excluding hydrogens is 252 g/mol. The summed E-state index contributed by atoms with van der Waals surface area (Å²) in [6.45, 7) is 9.32. The van der Waals surface area contributed by atoms with E-state index in [2.05, 4.69) is 36.9 Å². The van der Waals surface area contributed by atoms with Crippen LogP contribution >= 0.6 is 0 Å². The van der Waals surface area contributed by atoms with Crippen molar-refractivity contribution in [1.82, 2.24) is 4.90 Å². The van der Waals surface area contributed by atoms with Crippen LogP contribution in [0.5, 0.6) is 5.75 Å². The summed E-state index contributed by atoms with van der Waals surface area (Å²) in [5, 5.41) is 0. The molecule has 2 N–H and O–H groups in total. The number of benzene rings is 1. The topological polar surface area (TPSA) is 47.7 Å². The molecule has 1 aliphatic rings. The fourth-order valence-corrected chi connectivity index (χ4v) is 2.46. The molecule has 4 nitrogen and oxygen atoms in total. The largest absolute Gasteiger partial charge is 0.493 e. The van der Waals surface area contributed by atoms with Gasteiger partial charge in [0.05, 0.1) is 19.3 Å². The van der Waals surface area contributed by atoms with Gasteiger partial charge in [0.1, 0.15) is 5.75 Å². The first kappa shape index (κ1) is 15.3. The van der Waals surface area contributed by atoms with Gasteiger partial charge in [-0.2, -0.15) is 0 Å². The third-order valence-corrected chi connectivity index (χ3v) is 3.71. The molecule has 0 saturated carbocycles. The van der Waals surface area contributed by atoms with Gasteiger partial charge in [0.25, 0.3) is 0 Å². The van der Waals surface area contributed by atoms with Gasteiger partial charge < -0.3 is 15.2 Å². The highest BCUT2D eigenvalue weighted by Gasteiger charge is 2.18. The molecule has 0 aromatic heterocycles. The molecule has 0 aliphatic carbocycles. The molecule has 4 heteroatoms. The quantitative estimate of drug-likeness (QED) is 0.805. The Morgan fingerprint density at radius 1 is 1.40 bits per heavy atom. The van der Waals surface area contributed by atoms with E-state index in [9.17, 15) is 0 Å². The van der Waals surface area contributed by atoms with Crippen LogP contribution in [0.25, 0.3) is 0 Å². The third kappa shape index (κ3) is 4.47. The molecule has 0 amide bonds. The van der Waals surface area contributed by atoms with Crippen LogP contribution in [0.2, 0.25) is 0 Å². The molecule has 0 bridgehead atoms. The Kier molecular flexibility index (Phi) is 5.83. The Morgan fingerprint density at radius 3 is 3.05 bits per heavy atom. The third-order valence-electron chi connectivity index (χ3n) is 3.71. The molecule has 0 spiro atoms. The standard InChI is InChI=1S/C16H26N2O2/c1-13-4-5-14(2)16(10-13)20-8-3-6-18-7-9-19-15(11-17)12-18/h4-5,10,15H,3,6-9,11-12,17H2,1-2H3. The molecule has 1 saturated heterocycles. The number of nitrogens with two attached hydrogens (primary N) is 1. The van der Waals surface area contributed by atoms with Gasteiger partial charge in [0.2, 0.25) is 0 Å². The molecule has 1 fully saturated rings. The molecule has 112 valence electrons. The van der Waals surface area contributed by atoms with Crippen molar-refractivity contribution in [2.75, 3.05) is 39.4 Å². The zero-order valence-electron chi connectivity index (χ0n) is 12.6. The molecule has 1 atom stereocenters. The maximum Gasteiger partial charge on any atom is 0.122 e. The number of aryl methyl sites for hydroxylation is 2. The highest BCUT2D eigenvalue weighted by atomic mass is 16.5. The van der Waals surface area contributed by atoms with Gasteiger partial charge in [-0.3, -0.25) is 4.90 Å². The van der Waals surface area contributed by atoms with Crippen molar-refractivity contribution in [2.45, 2.75) is 26.4 Å². The summed E-state index contributed by atoms with van der Waals surface area (Å²) in [4.78, 5) is 2.41. The molecule has 1 aromatic carbocycles. The predicted molar refractivity (Wildman–Crippen MR) is 81.3 cm³/mol. The highest BCUT2D eigenvalue weighted by molar-refractivity contribution is 5.35. The van der Waals surface area contributed by atoms with Crippen molar-refractivity contribution in [3.8, 4) is 5.75 Å². The van der Waals surface area contributed by atoms with Crippen molar-refractivity contribution in [1.29, 1.82) is 0 Å². The minimum absolute atomic E-state index is 0.198. The van der Waals surface area contributed by atoms with Gasteiger partial charge in [0.15, 0.2) is 0 Å². The van der Waals surface area contributed by atoms with E-state index in [1.165, 1.54) is 11.1 Å². The van der Waals surface area contributed by atoms with Crippen LogP contribution in [-0.4, -0.2) is 50.4 Å². The van der Waals surface area contributed by atoms with E-state index in [1.54, 1.807) is 0 Å². The molecular formula is C16H26N2O2. The molecule has 1 aliphatic heterocycles. The summed E-state index contributed by atoms with van der Waals surface area (Å²) in [6.07, 6.45) is 1.23. The van der Waals surface area contributed by atoms with Crippen LogP contribution in [0.1, 0.15) is 17.5 Å². The van der Waals surface area contributed by atoms with Gasteiger partial charge in [-0.15, -0.1) is 0 Å². The van der Waals surface area contributed by atoms with E-state index in [0.29, 0.717) is 6.54 Å². The smallest absolute Gasteiger partial charge is 0.122 e. The SMILES string of the molecule is Cc1ccc(C)c(OCCCN2CCOC(CN)C2)c1. The van der Waals surface area contributed by atoms with Crippen molar-refractivity contribution in [3.05, 3.63) is 29.3 Å². The van der Waals surface area contributed by atoms with Gasteiger partial charge in [-0.05, 0) is 37.5 Å². The number of hydrogen-bond donors (Lipinski definition) is 1. The van der Waals surface area contributed by atoms with Crippen LogP contribution in [0.3, 0.4) is 0 Å². The number of ether oxygens (including phenoxy) is 2. The first-order valence-corrected chi connectivity index (χ1v) is 7.43. The van der Waals surface area contributed by atoms with Crippen LogP contribution in [0, 0.1) is 13.8 Å². The normalized spacial score (nSPS) is 20.1. The summed E-state index contributed by atoms with van der Waals surface area (Å²) < 4.78 is 11.4.